The van der Waals surface area contributed by atoms with Crippen molar-refractivity contribution in [3.8, 4) is 11.5 Å². The average molecular weight is 325 g/mol. The van der Waals surface area contributed by atoms with E-state index in [0.29, 0.717) is 13.2 Å². The fraction of sp³-hybridized carbons (Fsp3) is 0.562. The Kier molecular flexibility index (Phi) is 7.87. The summed E-state index contributed by atoms with van der Waals surface area (Å²) in [6.45, 7) is 4.74. The maximum absolute atomic E-state index is 11.7. The predicted octanol–water partition coefficient (Wildman–Crippen LogP) is 3.74. The number of methoxy groups -OCH3 is 1. The van der Waals surface area contributed by atoms with Crippen LogP contribution in [0, 0.1) is 10.1 Å². The van der Waals surface area contributed by atoms with Gasteiger partial charge in [-0.1, -0.05) is 26.7 Å². The van der Waals surface area contributed by atoms with E-state index in [4.69, 9.17) is 9.47 Å². The Hall–Kier alpha value is -2.31. The molecule has 0 saturated carbocycles. The number of nitro benzene ring substituents is 1. The molecule has 0 aliphatic carbocycles. The van der Waals surface area contributed by atoms with Crippen LogP contribution in [0.15, 0.2) is 12.1 Å². The van der Waals surface area contributed by atoms with Gasteiger partial charge in [-0.15, -0.1) is 0 Å². The van der Waals surface area contributed by atoms with Crippen molar-refractivity contribution in [2.24, 2.45) is 0 Å². The number of nitro groups is 1. The van der Waals surface area contributed by atoms with Crippen molar-refractivity contribution in [1.82, 2.24) is 0 Å². The predicted molar refractivity (Wildman–Crippen MR) is 85.2 cm³/mol. The topological polar surface area (TPSA) is 87.9 Å². The van der Waals surface area contributed by atoms with E-state index < -0.39 is 10.9 Å². The molecule has 0 saturated heterocycles. The molecule has 0 fully saturated rings. The number of rotatable bonds is 10. The summed E-state index contributed by atoms with van der Waals surface area (Å²) in [7, 11) is 1.22. The van der Waals surface area contributed by atoms with Gasteiger partial charge in [0, 0.05) is 6.07 Å². The Morgan fingerprint density at radius 2 is 1.74 bits per heavy atom. The molecule has 0 aliphatic rings. The molecule has 0 spiro atoms. The fourth-order valence-corrected chi connectivity index (χ4v) is 1.86. The van der Waals surface area contributed by atoms with E-state index in [1.54, 1.807) is 0 Å². The van der Waals surface area contributed by atoms with Gasteiger partial charge in [-0.25, -0.2) is 4.79 Å². The van der Waals surface area contributed by atoms with Gasteiger partial charge in [0.2, 0.25) is 5.75 Å². The minimum absolute atomic E-state index is 0.0622. The van der Waals surface area contributed by atoms with Gasteiger partial charge >= 0.3 is 11.7 Å². The summed E-state index contributed by atoms with van der Waals surface area (Å²) in [5.74, 6) is -0.398. The number of carbonyl (C=O) groups excluding carboxylic acids is 1. The third-order valence-corrected chi connectivity index (χ3v) is 3.15. The average Bonchev–Trinajstić information content (AvgIpc) is 2.55. The summed E-state index contributed by atoms with van der Waals surface area (Å²) in [6.07, 6.45) is 3.39. The molecular weight excluding hydrogens is 302 g/mol. The summed E-state index contributed by atoms with van der Waals surface area (Å²) in [5.41, 5.74) is -0.232. The number of hydrogen-bond donors (Lipinski definition) is 0. The monoisotopic (exact) mass is 325 g/mol. The van der Waals surface area contributed by atoms with Gasteiger partial charge in [0.25, 0.3) is 0 Å². The van der Waals surface area contributed by atoms with E-state index in [-0.39, 0.29) is 22.7 Å². The second kappa shape index (κ2) is 9.66. The molecule has 0 aliphatic heterocycles. The first kappa shape index (κ1) is 18.7. The Labute approximate surface area is 135 Å². The van der Waals surface area contributed by atoms with Crippen LogP contribution in [-0.2, 0) is 4.74 Å². The highest BCUT2D eigenvalue weighted by Gasteiger charge is 2.25. The van der Waals surface area contributed by atoms with Crippen molar-refractivity contribution in [1.29, 1.82) is 0 Å². The number of carbonyl (C=O) groups is 1. The maximum Gasteiger partial charge on any atom is 0.338 e. The maximum atomic E-state index is 11.7. The molecule has 0 heterocycles. The minimum Gasteiger partial charge on any atom is -0.489 e. The van der Waals surface area contributed by atoms with Crippen LogP contribution in [-0.4, -0.2) is 31.2 Å². The van der Waals surface area contributed by atoms with Gasteiger partial charge in [0.15, 0.2) is 5.75 Å². The summed E-state index contributed by atoms with van der Waals surface area (Å²) in [5, 5.41) is 11.3. The summed E-state index contributed by atoms with van der Waals surface area (Å²) in [4.78, 5) is 22.4. The number of unbranched alkanes of at least 4 members (excludes halogenated alkanes) is 2. The Bertz CT molecular complexity index is 544. The van der Waals surface area contributed by atoms with Crippen molar-refractivity contribution in [2.45, 2.75) is 39.5 Å². The lowest BCUT2D eigenvalue weighted by atomic mass is 10.1. The molecule has 7 heteroatoms. The van der Waals surface area contributed by atoms with E-state index >= 15 is 0 Å². The fourth-order valence-electron chi connectivity index (χ4n) is 1.86. The lowest BCUT2D eigenvalue weighted by Gasteiger charge is -2.14. The zero-order chi connectivity index (χ0) is 17.2. The molecule has 0 amide bonds. The van der Waals surface area contributed by atoms with Crippen LogP contribution < -0.4 is 9.47 Å². The molecule has 0 bridgehead atoms. The molecule has 0 radical (unpaired) electrons. The van der Waals surface area contributed by atoms with Gasteiger partial charge in [0.1, 0.15) is 0 Å². The lowest BCUT2D eigenvalue weighted by molar-refractivity contribution is -0.386. The quantitative estimate of drug-likeness (QED) is 0.282. The van der Waals surface area contributed by atoms with Crippen molar-refractivity contribution in [2.75, 3.05) is 20.3 Å². The summed E-state index contributed by atoms with van der Waals surface area (Å²) in [6, 6.07) is 2.58. The van der Waals surface area contributed by atoms with Gasteiger partial charge < -0.3 is 14.2 Å². The van der Waals surface area contributed by atoms with Gasteiger partial charge in [-0.05, 0) is 18.9 Å². The van der Waals surface area contributed by atoms with Crippen LogP contribution in [0.25, 0.3) is 0 Å². The van der Waals surface area contributed by atoms with Crippen molar-refractivity contribution in [3.05, 3.63) is 27.8 Å². The van der Waals surface area contributed by atoms with E-state index in [1.165, 1.54) is 13.2 Å². The van der Waals surface area contributed by atoms with Crippen LogP contribution in [0.2, 0.25) is 0 Å². The molecule has 7 nitrogen and oxygen atoms in total. The molecule has 0 atom stereocenters. The molecule has 0 aromatic heterocycles. The zero-order valence-electron chi connectivity index (χ0n) is 13.8. The van der Waals surface area contributed by atoms with E-state index in [0.717, 1.165) is 31.7 Å². The first-order valence-electron chi connectivity index (χ1n) is 7.71. The number of hydrogen-bond acceptors (Lipinski definition) is 6. The van der Waals surface area contributed by atoms with Crippen LogP contribution in [0.4, 0.5) is 5.69 Å². The smallest absolute Gasteiger partial charge is 0.338 e. The second-order valence-electron chi connectivity index (χ2n) is 4.98. The molecule has 0 unspecified atom stereocenters. The zero-order valence-corrected chi connectivity index (χ0v) is 13.8. The second-order valence-corrected chi connectivity index (χ2v) is 4.98. The van der Waals surface area contributed by atoms with Crippen molar-refractivity contribution >= 4 is 11.7 Å². The highest BCUT2D eigenvalue weighted by atomic mass is 16.6. The third-order valence-electron chi connectivity index (χ3n) is 3.15. The standard InChI is InChI=1S/C16H23NO6/c1-4-6-8-22-14-11-12(16(18)21-3)10-13(17(19)20)15(14)23-9-7-5-2/h10-11H,4-9H2,1-3H3. The Balaban J connectivity index is 3.23. The minimum atomic E-state index is -0.659. The van der Waals surface area contributed by atoms with Crippen LogP contribution in [0.1, 0.15) is 49.9 Å². The third kappa shape index (κ3) is 5.43. The number of benzene rings is 1. The molecule has 0 N–H and O–H groups in total. The summed E-state index contributed by atoms with van der Waals surface area (Å²) < 4.78 is 15.8. The highest BCUT2D eigenvalue weighted by Crippen LogP contribution is 2.39. The van der Waals surface area contributed by atoms with Gasteiger partial charge in [-0.3, -0.25) is 10.1 Å². The van der Waals surface area contributed by atoms with Crippen LogP contribution in [0.3, 0.4) is 0 Å². The van der Waals surface area contributed by atoms with E-state index in [1.807, 2.05) is 13.8 Å². The molecule has 1 aromatic carbocycles. The van der Waals surface area contributed by atoms with Gasteiger partial charge in [0.05, 0.1) is 30.8 Å². The molecule has 1 aromatic rings. The highest BCUT2D eigenvalue weighted by molar-refractivity contribution is 5.91. The van der Waals surface area contributed by atoms with Crippen LogP contribution >= 0.6 is 0 Å². The number of ether oxygens (including phenoxy) is 3. The van der Waals surface area contributed by atoms with E-state index in [9.17, 15) is 14.9 Å². The Morgan fingerprint density at radius 1 is 1.13 bits per heavy atom. The molecule has 1 rings (SSSR count). The van der Waals surface area contributed by atoms with Crippen molar-refractivity contribution in [3.63, 3.8) is 0 Å². The SMILES string of the molecule is CCCCOc1cc(C(=O)OC)cc([N+](=O)[O-])c1OCCCC. The first-order chi connectivity index (χ1) is 11.0. The largest absolute Gasteiger partial charge is 0.489 e. The van der Waals surface area contributed by atoms with E-state index in [2.05, 4.69) is 4.74 Å². The lowest BCUT2D eigenvalue weighted by Crippen LogP contribution is -2.08. The number of esters is 1. The Morgan fingerprint density at radius 3 is 2.26 bits per heavy atom. The molecular formula is C16H23NO6. The number of nitrogens with zero attached hydrogens (tertiary/aromatic N) is 1. The van der Waals surface area contributed by atoms with Crippen molar-refractivity contribution < 1.29 is 23.9 Å². The molecule has 23 heavy (non-hydrogen) atoms. The van der Waals surface area contributed by atoms with Crippen LogP contribution in [0.5, 0.6) is 11.5 Å². The summed E-state index contributed by atoms with van der Waals surface area (Å²) >= 11 is 0. The normalized spacial score (nSPS) is 10.2. The molecule has 128 valence electrons. The first-order valence-corrected chi connectivity index (χ1v) is 7.71. The van der Waals surface area contributed by atoms with Gasteiger partial charge in [-0.2, -0.15) is 0 Å².